The lowest BCUT2D eigenvalue weighted by atomic mass is 9.96. The molecule has 2 aromatic carbocycles. The molecule has 0 aliphatic rings. The Labute approximate surface area is 201 Å². The smallest absolute Gasteiger partial charge is 0.176 e. The summed E-state index contributed by atoms with van der Waals surface area (Å²) < 4.78 is 7.32. The van der Waals surface area contributed by atoms with Gasteiger partial charge in [-0.1, -0.05) is 29.3 Å². The molecule has 1 atom stereocenters. The van der Waals surface area contributed by atoms with Crippen molar-refractivity contribution in [2.75, 3.05) is 0 Å². The number of benzene rings is 2. The first-order valence-corrected chi connectivity index (χ1v) is 11.7. The zero-order valence-corrected chi connectivity index (χ0v) is 19.6. The summed E-state index contributed by atoms with van der Waals surface area (Å²) in [4.78, 5) is 8.55. The molecular formula is C26H22N6OS. The zero-order valence-electron chi connectivity index (χ0n) is 18.8. The van der Waals surface area contributed by atoms with E-state index in [1.807, 2.05) is 44.3 Å². The van der Waals surface area contributed by atoms with E-state index >= 15 is 0 Å². The number of fused-ring (bicyclic) bond motifs is 1. The molecule has 1 unspecified atom stereocenters. The van der Waals surface area contributed by atoms with Crippen molar-refractivity contribution in [3.8, 4) is 28.7 Å². The lowest BCUT2D eigenvalue weighted by Gasteiger charge is -2.11. The van der Waals surface area contributed by atoms with Crippen LogP contribution in [-0.4, -0.2) is 30.6 Å². The van der Waals surface area contributed by atoms with Gasteiger partial charge in [-0.25, -0.2) is 9.97 Å². The van der Waals surface area contributed by atoms with Crippen LogP contribution < -0.4 is 4.74 Å². The molecule has 0 fully saturated rings. The summed E-state index contributed by atoms with van der Waals surface area (Å²) in [5.74, 6) is 7.69. The van der Waals surface area contributed by atoms with Gasteiger partial charge in [0.1, 0.15) is 18.7 Å². The second-order valence-corrected chi connectivity index (χ2v) is 8.75. The summed E-state index contributed by atoms with van der Waals surface area (Å²) >= 11 is 1.73. The summed E-state index contributed by atoms with van der Waals surface area (Å²) in [6, 6.07) is 14.5. The molecule has 8 heteroatoms. The molecule has 0 aliphatic carbocycles. The second-order valence-electron chi connectivity index (χ2n) is 7.84. The topological polar surface area (TPSA) is 89.5 Å². The number of tetrazole rings is 1. The van der Waals surface area contributed by atoms with Crippen LogP contribution in [0.1, 0.15) is 35.5 Å². The van der Waals surface area contributed by atoms with E-state index in [1.165, 1.54) is 10.1 Å². The quantitative estimate of drug-likeness (QED) is 0.335. The van der Waals surface area contributed by atoms with Gasteiger partial charge in [0.15, 0.2) is 5.82 Å². The van der Waals surface area contributed by atoms with Gasteiger partial charge in [0.25, 0.3) is 0 Å². The standard InChI is InChI=1S/C26H22N6OS/c1-3-4-20(12-26-29-31-32-30-26)19-6-8-21(9-7-19)33-14-18-5-10-25-22(11-18)24(15-34-25)23-13-27-16-28-17(23)2/h5-11,13,15-16,20H,12,14H2,1-2H3,(H,29,30,31,32). The van der Waals surface area contributed by atoms with Crippen molar-refractivity contribution in [1.82, 2.24) is 30.6 Å². The van der Waals surface area contributed by atoms with Gasteiger partial charge in [-0.05, 0) is 54.6 Å². The van der Waals surface area contributed by atoms with Gasteiger partial charge in [0.2, 0.25) is 0 Å². The Morgan fingerprint density at radius 1 is 1.12 bits per heavy atom. The fourth-order valence-corrected chi connectivity index (χ4v) is 4.81. The van der Waals surface area contributed by atoms with E-state index in [0.29, 0.717) is 18.9 Å². The maximum Gasteiger partial charge on any atom is 0.176 e. The minimum Gasteiger partial charge on any atom is -0.489 e. The molecule has 34 heavy (non-hydrogen) atoms. The van der Waals surface area contributed by atoms with Crippen LogP contribution >= 0.6 is 11.3 Å². The average molecular weight is 467 g/mol. The van der Waals surface area contributed by atoms with E-state index < -0.39 is 0 Å². The molecule has 7 nitrogen and oxygen atoms in total. The van der Waals surface area contributed by atoms with Crippen molar-refractivity contribution in [1.29, 1.82) is 0 Å². The van der Waals surface area contributed by atoms with Gasteiger partial charge in [0, 0.05) is 39.5 Å². The minimum absolute atomic E-state index is 0.00138. The summed E-state index contributed by atoms with van der Waals surface area (Å²) in [5.41, 5.74) is 5.40. The van der Waals surface area contributed by atoms with Gasteiger partial charge in [-0.3, -0.25) is 0 Å². The van der Waals surface area contributed by atoms with Gasteiger partial charge < -0.3 is 4.74 Å². The number of hydrogen-bond donors (Lipinski definition) is 1. The van der Waals surface area contributed by atoms with Crippen molar-refractivity contribution >= 4 is 21.4 Å². The third kappa shape index (κ3) is 4.65. The first kappa shape index (κ1) is 21.7. The lowest BCUT2D eigenvalue weighted by Crippen LogP contribution is -2.03. The number of H-pyrrole nitrogens is 1. The number of nitrogens with one attached hydrogen (secondary N) is 1. The van der Waals surface area contributed by atoms with Gasteiger partial charge in [-0.2, -0.15) is 5.21 Å². The summed E-state index contributed by atoms with van der Waals surface area (Å²) in [5, 5.41) is 17.6. The Morgan fingerprint density at radius 3 is 2.76 bits per heavy atom. The normalized spacial score (nSPS) is 11.7. The highest BCUT2D eigenvalue weighted by molar-refractivity contribution is 7.17. The number of thiophene rings is 1. The highest BCUT2D eigenvalue weighted by Crippen LogP contribution is 2.35. The summed E-state index contributed by atoms with van der Waals surface area (Å²) in [6.45, 7) is 4.33. The molecule has 168 valence electrons. The Balaban J connectivity index is 1.31. The van der Waals surface area contributed by atoms with Crippen molar-refractivity contribution in [2.45, 2.75) is 32.8 Å². The largest absolute Gasteiger partial charge is 0.489 e. The van der Waals surface area contributed by atoms with E-state index in [9.17, 15) is 0 Å². The van der Waals surface area contributed by atoms with Crippen molar-refractivity contribution < 1.29 is 4.74 Å². The highest BCUT2D eigenvalue weighted by Gasteiger charge is 2.13. The zero-order chi connectivity index (χ0) is 23.3. The average Bonchev–Trinajstić information content (AvgIpc) is 3.53. The molecule has 0 radical (unpaired) electrons. The third-order valence-corrected chi connectivity index (χ3v) is 6.59. The summed E-state index contributed by atoms with van der Waals surface area (Å²) in [7, 11) is 0. The molecule has 0 spiro atoms. The van der Waals surface area contributed by atoms with Crippen molar-refractivity contribution in [3.05, 3.63) is 83.0 Å². The van der Waals surface area contributed by atoms with Crippen LogP contribution in [0.25, 0.3) is 21.2 Å². The maximum atomic E-state index is 6.09. The predicted molar refractivity (Wildman–Crippen MR) is 132 cm³/mol. The van der Waals surface area contributed by atoms with E-state index in [-0.39, 0.29) is 5.92 Å². The number of nitrogens with zero attached hydrogens (tertiary/aromatic N) is 5. The Bertz CT molecular complexity index is 1470. The van der Waals surface area contributed by atoms with Crippen LogP contribution in [0.3, 0.4) is 0 Å². The number of aryl methyl sites for hydroxylation is 1. The molecule has 0 aliphatic heterocycles. The number of aromatic amines is 1. The third-order valence-electron chi connectivity index (χ3n) is 5.62. The number of aromatic nitrogens is 6. The van der Waals surface area contributed by atoms with Crippen molar-refractivity contribution in [2.24, 2.45) is 0 Å². The molecule has 5 rings (SSSR count). The fraction of sp³-hybridized carbons (Fsp3) is 0.192. The predicted octanol–water partition coefficient (Wildman–Crippen LogP) is 5.11. The van der Waals surface area contributed by atoms with E-state index in [0.717, 1.165) is 33.7 Å². The molecule has 0 amide bonds. The van der Waals surface area contributed by atoms with Gasteiger partial charge >= 0.3 is 0 Å². The number of ether oxygens (including phenoxy) is 1. The van der Waals surface area contributed by atoms with Crippen LogP contribution in [-0.2, 0) is 13.0 Å². The van der Waals surface area contributed by atoms with Gasteiger partial charge in [-0.15, -0.1) is 27.5 Å². The molecule has 5 aromatic rings. The van der Waals surface area contributed by atoms with Crippen LogP contribution in [0.4, 0.5) is 0 Å². The molecule has 0 saturated carbocycles. The maximum absolute atomic E-state index is 6.09. The van der Waals surface area contributed by atoms with Crippen LogP contribution in [0.15, 0.2) is 60.4 Å². The first-order chi connectivity index (χ1) is 16.7. The number of hydrogen-bond acceptors (Lipinski definition) is 7. The highest BCUT2D eigenvalue weighted by atomic mass is 32.1. The molecule has 0 saturated heterocycles. The van der Waals surface area contributed by atoms with Crippen LogP contribution in [0.5, 0.6) is 5.75 Å². The minimum atomic E-state index is 0.00138. The monoisotopic (exact) mass is 466 g/mol. The van der Waals surface area contributed by atoms with E-state index in [4.69, 9.17) is 4.74 Å². The molecule has 1 N–H and O–H groups in total. The van der Waals surface area contributed by atoms with E-state index in [2.05, 4.69) is 66.0 Å². The SMILES string of the molecule is CC#CC(Cc1nn[nH]n1)c1ccc(OCc2ccc3scc(-c4cncnc4C)c3c2)cc1. The second kappa shape index (κ2) is 9.81. The summed E-state index contributed by atoms with van der Waals surface area (Å²) in [6.07, 6.45) is 4.07. The lowest BCUT2D eigenvalue weighted by molar-refractivity contribution is 0.306. The first-order valence-electron chi connectivity index (χ1n) is 10.9. The molecule has 0 bridgehead atoms. The Morgan fingerprint density at radius 2 is 2.00 bits per heavy atom. The van der Waals surface area contributed by atoms with Crippen LogP contribution in [0.2, 0.25) is 0 Å². The Kier molecular flexibility index (Phi) is 6.27. The van der Waals surface area contributed by atoms with Gasteiger partial charge in [0.05, 0.1) is 5.92 Å². The Hall–Kier alpha value is -4.09. The van der Waals surface area contributed by atoms with Crippen LogP contribution in [0, 0.1) is 18.8 Å². The number of rotatable bonds is 7. The van der Waals surface area contributed by atoms with E-state index in [1.54, 1.807) is 17.7 Å². The fourth-order valence-electron chi connectivity index (χ4n) is 3.87. The molecule has 3 heterocycles. The molecular weight excluding hydrogens is 444 g/mol. The molecule has 3 aromatic heterocycles. The van der Waals surface area contributed by atoms with Crippen molar-refractivity contribution in [3.63, 3.8) is 0 Å².